The summed E-state index contributed by atoms with van der Waals surface area (Å²) in [4.78, 5) is 18.1. The minimum Gasteiger partial charge on any atom is -0.497 e. The third kappa shape index (κ3) is 6.00. The van der Waals surface area contributed by atoms with Gasteiger partial charge in [0.15, 0.2) is 11.5 Å². The third-order valence-electron chi connectivity index (χ3n) is 7.27. The van der Waals surface area contributed by atoms with Crippen LogP contribution < -0.4 is 18.9 Å². The lowest BCUT2D eigenvalue weighted by Crippen LogP contribution is -2.41. The molecule has 3 aromatic rings. The zero-order valence-corrected chi connectivity index (χ0v) is 22.6. The molecule has 0 saturated carbocycles. The van der Waals surface area contributed by atoms with Crippen LogP contribution in [0, 0.1) is 0 Å². The summed E-state index contributed by atoms with van der Waals surface area (Å²) in [5.41, 5.74) is 2.42. The first-order chi connectivity index (χ1) is 18.5. The predicted molar refractivity (Wildman–Crippen MR) is 147 cm³/mol. The van der Waals surface area contributed by atoms with E-state index in [9.17, 15) is 4.79 Å². The molecule has 8 heteroatoms. The van der Waals surface area contributed by atoms with Crippen molar-refractivity contribution in [1.82, 2.24) is 9.80 Å². The average Bonchev–Trinajstić information content (AvgIpc) is 3.29. The minimum atomic E-state index is -0.0170. The van der Waals surface area contributed by atoms with Gasteiger partial charge in [0.2, 0.25) is 0 Å². The molecular weight excluding hydrogens is 504 g/mol. The molecule has 3 aromatic carbocycles. The molecule has 3 saturated heterocycles. The van der Waals surface area contributed by atoms with Gasteiger partial charge in [-0.2, -0.15) is 0 Å². The maximum atomic E-state index is 13.7. The Hall–Kier alpha value is -3.42. The van der Waals surface area contributed by atoms with Gasteiger partial charge in [0.25, 0.3) is 5.91 Å². The summed E-state index contributed by atoms with van der Waals surface area (Å²) in [6.45, 7) is 4.30. The smallest absolute Gasteiger partial charge is 0.254 e. The number of carbonyl (C=O) groups is 1. The van der Waals surface area contributed by atoms with Crippen molar-refractivity contribution in [2.45, 2.75) is 32.1 Å². The average molecular weight is 537 g/mol. The summed E-state index contributed by atoms with van der Waals surface area (Å²) >= 11 is 6.74. The van der Waals surface area contributed by atoms with Crippen molar-refractivity contribution < 1.29 is 23.7 Å². The Labute approximate surface area is 228 Å². The van der Waals surface area contributed by atoms with Gasteiger partial charge in [-0.25, -0.2) is 0 Å². The van der Waals surface area contributed by atoms with Crippen LogP contribution in [0.1, 0.15) is 34.3 Å². The normalized spacial score (nSPS) is 18.6. The summed E-state index contributed by atoms with van der Waals surface area (Å²) in [5.74, 6) is 2.38. The van der Waals surface area contributed by atoms with Gasteiger partial charge in [0.1, 0.15) is 24.7 Å². The number of piperidine rings is 1. The number of methoxy groups -OCH3 is 2. The summed E-state index contributed by atoms with van der Waals surface area (Å²) in [6.07, 6.45) is 2.01. The topological polar surface area (TPSA) is 60.5 Å². The molecule has 3 aliphatic rings. The SMILES string of the molecule is COc1ccc(COc2cc(C(=O)N3CCN4CCC3CC4)cc(Cl)c2OCc2ccc(OC)cc2)cc1. The van der Waals surface area contributed by atoms with E-state index in [0.717, 1.165) is 61.6 Å². The molecule has 3 heterocycles. The predicted octanol–water partition coefficient (Wildman–Crippen LogP) is 5.44. The zero-order valence-electron chi connectivity index (χ0n) is 21.8. The van der Waals surface area contributed by atoms with Crippen LogP contribution in [-0.2, 0) is 13.2 Å². The van der Waals surface area contributed by atoms with Gasteiger partial charge in [-0.1, -0.05) is 35.9 Å². The van der Waals surface area contributed by atoms with Crippen molar-refractivity contribution >= 4 is 17.5 Å². The van der Waals surface area contributed by atoms with E-state index in [1.165, 1.54) is 0 Å². The second-order valence-corrected chi connectivity index (χ2v) is 10.0. The second kappa shape index (κ2) is 12.0. The van der Waals surface area contributed by atoms with Crippen LogP contribution in [0.5, 0.6) is 23.0 Å². The molecule has 0 unspecified atom stereocenters. The number of nitrogens with zero attached hydrogens (tertiary/aromatic N) is 2. The summed E-state index contributed by atoms with van der Waals surface area (Å²) in [7, 11) is 3.27. The highest BCUT2D eigenvalue weighted by Gasteiger charge is 2.33. The number of halogens is 1. The molecule has 7 nitrogen and oxygen atoms in total. The molecule has 0 aliphatic carbocycles. The van der Waals surface area contributed by atoms with Gasteiger partial charge in [-0.05, 0) is 60.4 Å². The van der Waals surface area contributed by atoms with Gasteiger partial charge in [-0.15, -0.1) is 0 Å². The Kier molecular flexibility index (Phi) is 8.25. The Morgan fingerprint density at radius 3 is 1.97 bits per heavy atom. The molecule has 38 heavy (non-hydrogen) atoms. The first-order valence-corrected chi connectivity index (χ1v) is 13.3. The molecular formula is C30H33ClN2O5. The lowest BCUT2D eigenvalue weighted by Gasteiger charge is -2.31. The van der Waals surface area contributed by atoms with Crippen molar-refractivity contribution in [2.24, 2.45) is 0 Å². The van der Waals surface area contributed by atoms with Crippen molar-refractivity contribution in [1.29, 1.82) is 0 Å². The summed E-state index contributed by atoms with van der Waals surface area (Å²) in [5, 5.41) is 0.344. The number of benzene rings is 3. The van der Waals surface area contributed by atoms with E-state index in [1.54, 1.807) is 26.4 Å². The molecule has 0 atom stereocenters. The van der Waals surface area contributed by atoms with E-state index in [0.29, 0.717) is 28.7 Å². The number of amides is 1. The standard InChI is InChI=1S/C30H33ClN2O5/c1-35-25-7-3-21(4-8-25)19-37-28-18-23(30(34)33-16-15-32-13-11-24(33)12-14-32)17-27(31)29(28)38-20-22-5-9-26(36-2)10-6-22/h3-10,17-18,24H,11-16,19-20H2,1-2H3. The maximum Gasteiger partial charge on any atom is 0.254 e. The molecule has 6 rings (SSSR count). The van der Waals surface area contributed by atoms with E-state index < -0.39 is 0 Å². The largest absolute Gasteiger partial charge is 0.497 e. The fourth-order valence-corrected chi connectivity index (χ4v) is 5.28. The first-order valence-electron chi connectivity index (χ1n) is 12.9. The molecule has 0 N–H and O–H groups in total. The van der Waals surface area contributed by atoms with Crippen molar-refractivity contribution in [3.63, 3.8) is 0 Å². The lowest BCUT2D eigenvalue weighted by atomic mass is 10.0. The quantitative estimate of drug-likeness (QED) is 0.363. The van der Waals surface area contributed by atoms with Crippen molar-refractivity contribution in [3.8, 4) is 23.0 Å². The molecule has 3 fully saturated rings. The number of hydrogen-bond acceptors (Lipinski definition) is 6. The van der Waals surface area contributed by atoms with Crippen LogP contribution in [0.3, 0.4) is 0 Å². The molecule has 200 valence electrons. The molecule has 2 bridgehead atoms. The van der Waals surface area contributed by atoms with Crippen LogP contribution in [0.15, 0.2) is 60.7 Å². The van der Waals surface area contributed by atoms with Gasteiger partial charge in [0.05, 0.1) is 19.2 Å². The molecule has 0 aromatic heterocycles. The van der Waals surface area contributed by atoms with Gasteiger partial charge in [-0.3, -0.25) is 4.79 Å². The number of rotatable bonds is 9. The minimum absolute atomic E-state index is 0.0170. The van der Waals surface area contributed by atoms with E-state index in [-0.39, 0.29) is 18.6 Å². The fraction of sp³-hybridized carbons (Fsp3) is 0.367. The highest BCUT2D eigenvalue weighted by Crippen LogP contribution is 2.38. The molecule has 1 amide bonds. The lowest BCUT2D eigenvalue weighted by molar-refractivity contribution is 0.0684. The summed E-state index contributed by atoms with van der Waals surface area (Å²) < 4.78 is 22.9. The maximum absolute atomic E-state index is 13.7. The van der Waals surface area contributed by atoms with Crippen LogP contribution in [-0.4, -0.2) is 62.1 Å². The molecule has 3 aliphatic heterocycles. The van der Waals surface area contributed by atoms with Crippen LogP contribution in [0.2, 0.25) is 5.02 Å². The van der Waals surface area contributed by atoms with Crippen LogP contribution in [0.25, 0.3) is 0 Å². The second-order valence-electron chi connectivity index (χ2n) is 9.63. The Bertz CT molecular complexity index is 1240. The van der Waals surface area contributed by atoms with E-state index >= 15 is 0 Å². The Balaban J connectivity index is 1.39. The number of fused-ring (bicyclic) bond motifs is 4. The molecule has 0 radical (unpaired) electrons. The van der Waals surface area contributed by atoms with Crippen molar-refractivity contribution in [2.75, 3.05) is 40.4 Å². The molecule has 0 spiro atoms. The van der Waals surface area contributed by atoms with E-state index in [1.807, 2.05) is 53.4 Å². The van der Waals surface area contributed by atoms with Crippen LogP contribution in [0.4, 0.5) is 0 Å². The number of carbonyl (C=O) groups excluding carboxylic acids is 1. The Morgan fingerprint density at radius 2 is 1.39 bits per heavy atom. The van der Waals surface area contributed by atoms with E-state index in [2.05, 4.69) is 4.90 Å². The number of hydrogen-bond donors (Lipinski definition) is 0. The highest BCUT2D eigenvalue weighted by atomic mass is 35.5. The van der Waals surface area contributed by atoms with Gasteiger partial charge >= 0.3 is 0 Å². The zero-order chi connectivity index (χ0) is 26.5. The van der Waals surface area contributed by atoms with Crippen molar-refractivity contribution in [3.05, 3.63) is 82.4 Å². The fourth-order valence-electron chi connectivity index (χ4n) is 5.02. The third-order valence-corrected chi connectivity index (χ3v) is 7.55. The first kappa shape index (κ1) is 26.2. The van der Waals surface area contributed by atoms with Gasteiger partial charge in [0, 0.05) is 37.8 Å². The van der Waals surface area contributed by atoms with E-state index in [4.69, 9.17) is 30.5 Å². The van der Waals surface area contributed by atoms with Crippen LogP contribution >= 0.6 is 11.6 Å². The highest BCUT2D eigenvalue weighted by molar-refractivity contribution is 6.32. The number of ether oxygens (including phenoxy) is 4. The summed E-state index contributed by atoms with van der Waals surface area (Å²) in [6, 6.07) is 19.0. The van der Waals surface area contributed by atoms with Gasteiger partial charge < -0.3 is 28.7 Å². The monoisotopic (exact) mass is 536 g/mol. The Morgan fingerprint density at radius 1 is 0.816 bits per heavy atom.